The Labute approximate surface area is 168 Å². The number of methoxy groups -OCH3 is 1. The highest BCUT2D eigenvalue weighted by atomic mass is 35.5. The van der Waals surface area contributed by atoms with Crippen molar-refractivity contribution in [1.82, 2.24) is 5.32 Å². The molecule has 2 aromatic rings. The minimum absolute atomic E-state index is 0.113. The quantitative estimate of drug-likeness (QED) is 0.612. The first-order valence-electron chi connectivity index (χ1n) is 8.65. The number of benzene rings is 2. The molecule has 0 radical (unpaired) electrons. The van der Waals surface area contributed by atoms with E-state index in [1.807, 2.05) is 13.0 Å². The second kappa shape index (κ2) is 10.5. The van der Waals surface area contributed by atoms with E-state index >= 15 is 0 Å². The predicted octanol–water partition coefficient (Wildman–Crippen LogP) is 3.90. The maximum atomic E-state index is 11.4. The summed E-state index contributed by atoms with van der Waals surface area (Å²) >= 11 is 6.13. The first-order chi connectivity index (χ1) is 13.5. The van der Waals surface area contributed by atoms with Crippen LogP contribution >= 0.6 is 11.6 Å². The number of alkyl carbamates (subject to hydrolysis) is 1. The fourth-order valence-corrected chi connectivity index (χ4v) is 2.81. The molecule has 0 heterocycles. The highest BCUT2D eigenvalue weighted by molar-refractivity contribution is 6.30. The molecule has 0 spiro atoms. The van der Waals surface area contributed by atoms with Crippen LogP contribution in [0, 0.1) is 0 Å². The molecule has 0 aliphatic rings. The Morgan fingerprint density at radius 2 is 2.00 bits per heavy atom. The van der Waals surface area contributed by atoms with Crippen LogP contribution in [-0.2, 0) is 9.47 Å². The number of amides is 1. The van der Waals surface area contributed by atoms with E-state index in [9.17, 15) is 14.7 Å². The van der Waals surface area contributed by atoms with Gasteiger partial charge in [0, 0.05) is 17.1 Å². The number of rotatable bonds is 9. The molecule has 2 N–H and O–H groups in total. The third-order valence-electron chi connectivity index (χ3n) is 3.83. The van der Waals surface area contributed by atoms with E-state index in [4.69, 9.17) is 21.1 Å². The third-order valence-corrected chi connectivity index (χ3v) is 4.07. The monoisotopic (exact) mass is 407 g/mol. The molecule has 0 saturated heterocycles. The van der Waals surface area contributed by atoms with Gasteiger partial charge in [-0.2, -0.15) is 0 Å². The van der Waals surface area contributed by atoms with Gasteiger partial charge >= 0.3 is 12.1 Å². The van der Waals surface area contributed by atoms with Gasteiger partial charge in [-0.1, -0.05) is 23.7 Å². The molecule has 1 atom stereocenters. The molecule has 0 saturated carbocycles. The van der Waals surface area contributed by atoms with E-state index in [1.165, 1.54) is 19.2 Å². The molecule has 2 rings (SSSR count). The smallest absolute Gasteiger partial charge is 0.406 e. The molecule has 0 fully saturated rings. The third kappa shape index (κ3) is 5.87. The Kier molecular flexibility index (Phi) is 8.10. The van der Waals surface area contributed by atoms with E-state index in [-0.39, 0.29) is 18.7 Å². The van der Waals surface area contributed by atoms with Crippen molar-refractivity contribution in [1.29, 1.82) is 0 Å². The van der Waals surface area contributed by atoms with Gasteiger partial charge in [0.25, 0.3) is 0 Å². The zero-order valence-electron chi connectivity index (χ0n) is 15.6. The van der Waals surface area contributed by atoms with Crippen LogP contribution in [0.3, 0.4) is 0 Å². The lowest BCUT2D eigenvalue weighted by Gasteiger charge is -2.22. The van der Waals surface area contributed by atoms with Gasteiger partial charge in [-0.05, 0) is 42.8 Å². The number of nitrogens with one attached hydrogen (secondary N) is 1. The largest absolute Gasteiger partial charge is 0.493 e. The van der Waals surface area contributed by atoms with Crippen molar-refractivity contribution < 1.29 is 28.9 Å². The number of aromatic carboxylic acids is 1. The van der Waals surface area contributed by atoms with Crippen LogP contribution in [0.4, 0.5) is 4.79 Å². The fourth-order valence-electron chi connectivity index (χ4n) is 2.61. The Bertz CT molecular complexity index is 826. The number of carbonyl (C=O) groups is 2. The summed E-state index contributed by atoms with van der Waals surface area (Å²) < 4.78 is 16.2. The minimum Gasteiger partial charge on any atom is -0.493 e. The van der Waals surface area contributed by atoms with Crippen molar-refractivity contribution in [3.63, 3.8) is 0 Å². The average Bonchev–Trinajstić information content (AvgIpc) is 2.68. The van der Waals surface area contributed by atoms with Crippen LogP contribution in [0.15, 0.2) is 42.5 Å². The number of hydrogen-bond acceptors (Lipinski definition) is 5. The van der Waals surface area contributed by atoms with Gasteiger partial charge in [0.2, 0.25) is 0 Å². The molecule has 1 amide bonds. The van der Waals surface area contributed by atoms with Gasteiger partial charge in [0.1, 0.15) is 11.9 Å². The maximum absolute atomic E-state index is 11.4. The molecule has 150 valence electrons. The summed E-state index contributed by atoms with van der Waals surface area (Å²) in [4.78, 5) is 22.6. The zero-order valence-corrected chi connectivity index (χ0v) is 16.4. The van der Waals surface area contributed by atoms with E-state index in [2.05, 4.69) is 10.1 Å². The number of carbonyl (C=O) groups excluding carboxylic acids is 1. The maximum Gasteiger partial charge on any atom is 0.406 e. The number of carboxylic acid groups (broad SMARTS) is 1. The van der Waals surface area contributed by atoms with E-state index < -0.39 is 18.2 Å². The molecule has 28 heavy (non-hydrogen) atoms. The lowest BCUT2D eigenvalue weighted by molar-refractivity contribution is 0.0692. The SMILES string of the molecule is CCOc1ccc(C(=O)O)cc1C(OCCNC(=O)OC)c1cccc(Cl)c1. The molecular formula is C20H22ClNO6. The molecule has 0 bridgehead atoms. The van der Waals surface area contributed by atoms with Gasteiger partial charge in [-0.15, -0.1) is 0 Å². The minimum atomic E-state index is -1.05. The number of halogens is 1. The molecule has 7 nitrogen and oxygen atoms in total. The standard InChI is InChI=1S/C20H22ClNO6/c1-3-27-17-8-7-14(19(23)24)12-16(17)18(13-5-4-6-15(21)11-13)28-10-9-22-20(25)26-2/h4-8,11-12,18H,3,9-10H2,1-2H3,(H,22,25)(H,23,24). The van der Waals surface area contributed by atoms with Gasteiger partial charge in [0.15, 0.2) is 0 Å². The second-order valence-electron chi connectivity index (χ2n) is 5.71. The molecule has 0 aliphatic heterocycles. The van der Waals surface area contributed by atoms with Gasteiger partial charge < -0.3 is 24.6 Å². The summed E-state index contributed by atoms with van der Waals surface area (Å²) in [6.07, 6.45) is -1.20. The summed E-state index contributed by atoms with van der Waals surface area (Å²) in [6, 6.07) is 11.7. The van der Waals surface area contributed by atoms with Crippen molar-refractivity contribution in [2.24, 2.45) is 0 Å². The van der Waals surface area contributed by atoms with Gasteiger partial charge in [0.05, 0.1) is 25.9 Å². The molecule has 0 aromatic heterocycles. The Hall–Kier alpha value is -2.77. The summed E-state index contributed by atoms with van der Waals surface area (Å²) in [5.74, 6) is -0.542. The molecule has 1 unspecified atom stereocenters. The lowest BCUT2D eigenvalue weighted by Crippen LogP contribution is -2.27. The van der Waals surface area contributed by atoms with E-state index in [1.54, 1.807) is 24.3 Å². The van der Waals surface area contributed by atoms with Crippen molar-refractivity contribution in [2.75, 3.05) is 26.9 Å². The molecule has 2 aromatic carbocycles. The van der Waals surface area contributed by atoms with Crippen molar-refractivity contribution in [3.8, 4) is 5.75 Å². The Balaban J connectivity index is 2.38. The predicted molar refractivity (Wildman–Crippen MR) is 104 cm³/mol. The van der Waals surface area contributed by atoms with Crippen molar-refractivity contribution >= 4 is 23.7 Å². The van der Waals surface area contributed by atoms with Gasteiger partial charge in [-0.25, -0.2) is 9.59 Å². The van der Waals surface area contributed by atoms with E-state index in [0.29, 0.717) is 22.9 Å². The Morgan fingerprint density at radius 3 is 2.64 bits per heavy atom. The number of carboxylic acids is 1. The molecule has 0 aliphatic carbocycles. The topological polar surface area (TPSA) is 94.1 Å². The van der Waals surface area contributed by atoms with Crippen LogP contribution in [0.5, 0.6) is 5.75 Å². The first-order valence-corrected chi connectivity index (χ1v) is 9.03. The lowest BCUT2D eigenvalue weighted by atomic mass is 9.98. The highest BCUT2D eigenvalue weighted by Gasteiger charge is 2.22. The van der Waals surface area contributed by atoms with Crippen molar-refractivity contribution in [2.45, 2.75) is 13.0 Å². The van der Waals surface area contributed by atoms with Crippen LogP contribution < -0.4 is 10.1 Å². The highest BCUT2D eigenvalue weighted by Crippen LogP contribution is 2.35. The number of ether oxygens (including phenoxy) is 3. The fraction of sp³-hybridized carbons (Fsp3) is 0.300. The summed E-state index contributed by atoms with van der Waals surface area (Å²) in [5, 5.41) is 12.4. The second-order valence-corrected chi connectivity index (χ2v) is 6.15. The number of hydrogen-bond donors (Lipinski definition) is 2. The van der Waals surface area contributed by atoms with Crippen LogP contribution in [-0.4, -0.2) is 44.0 Å². The van der Waals surface area contributed by atoms with Crippen LogP contribution in [0.2, 0.25) is 5.02 Å². The average molecular weight is 408 g/mol. The van der Waals surface area contributed by atoms with Crippen molar-refractivity contribution in [3.05, 3.63) is 64.2 Å². The summed E-state index contributed by atoms with van der Waals surface area (Å²) in [5.41, 5.74) is 1.40. The normalized spacial score (nSPS) is 11.5. The van der Waals surface area contributed by atoms with Crippen LogP contribution in [0.25, 0.3) is 0 Å². The van der Waals surface area contributed by atoms with Crippen LogP contribution in [0.1, 0.15) is 34.5 Å². The first kappa shape index (κ1) is 21.5. The molecule has 8 heteroatoms. The van der Waals surface area contributed by atoms with Gasteiger partial charge in [-0.3, -0.25) is 0 Å². The summed E-state index contributed by atoms with van der Waals surface area (Å²) in [6.45, 7) is 2.62. The summed E-state index contributed by atoms with van der Waals surface area (Å²) in [7, 11) is 1.27. The molecular weight excluding hydrogens is 386 g/mol. The Morgan fingerprint density at radius 1 is 1.21 bits per heavy atom. The van der Waals surface area contributed by atoms with E-state index in [0.717, 1.165) is 5.56 Å². The zero-order chi connectivity index (χ0) is 20.5.